The van der Waals surface area contributed by atoms with Crippen LogP contribution in [-0.2, 0) is 13.0 Å². The smallest absolute Gasteiger partial charge is 0.163 e. The molecule has 37 heavy (non-hydrogen) atoms. The van der Waals surface area contributed by atoms with E-state index in [1.165, 1.54) is 6.92 Å². The molecule has 2 unspecified atom stereocenters. The van der Waals surface area contributed by atoms with E-state index in [1.807, 2.05) is 62.4 Å². The second kappa shape index (κ2) is 10.6. The molecule has 0 bridgehead atoms. The summed E-state index contributed by atoms with van der Waals surface area (Å²) in [6.45, 7) is 5.76. The molecule has 0 radical (unpaired) electrons. The molecular weight excluding hydrogens is 464 g/mol. The Hall–Kier alpha value is -3.97. The fourth-order valence-corrected chi connectivity index (χ4v) is 4.65. The summed E-state index contributed by atoms with van der Waals surface area (Å²) in [5.74, 6) is 6.10. The van der Waals surface area contributed by atoms with Crippen molar-refractivity contribution in [3.8, 4) is 11.5 Å². The maximum Gasteiger partial charge on any atom is 0.163 e. The number of carbonyl (C=O) groups is 1. The maximum atomic E-state index is 11.8. The van der Waals surface area contributed by atoms with E-state index < -0.39 is 0 Å². The molecule has 4 rings (SSSR count). The van der Waals surface area contributed by atoms with Crippen LogP contribution in [0.15, 0.2) is 65.8 Å². The Morgan fingerprint density at radius 3 is 2.46 bits per heavy atom. The minimum Gasteiger partial charge on any atom is -0.507 e. The molecule has 1 aliphatic carbocycles. The normalized spacial score (nSPS) is 17.9. The molecule has 0 aromatic heterocycles. The number of ketones is 1. The van der Waals surface area contributed by atoms with Crippen molar-refractivity contribution in [2.45, 2.75) is 52.7 Å². The van der Waals surface area contributed by atoms with Gasteiger partial charge >= 0.3 is 0 Å². The first kappa shape index (κ1) is 26.1. The average molecular weight is 499 g/mol. The summed E-state index contributed by atoms with van der Waals surface area (Å²) < 4.78 is 6.03. The molecule has 1 aliphatic rings. The number of nitrogens with zero attached hydrogens (tertiary/aromatic N) is 1. The van der Waals surface area contributed by atoms with Gasteiger partial charge in [0.15, 0.2) is 5.78 Å². The number of ether oxygens (including phenoxy) is 1. The third-order valence-corrected chi connectivity index (χ3v) is 7.09. The SMILES string of the molecule is CCCc1c(OCc2ccc(C(N)c3cccc(/C(=N/N)C4(C)CC4=N)c3)cc2)ccc(C(C)=O)c1O. The van der Waals surface area contributed by atoms with Crippen molar-refractivity contribution in [1.82, 2.24) is 0 Å². The fourth-order valence-electron chi connectivity index (χ4n) is 4.65. The van der Waals surface area contributed by atoms with Gasteiger partial charge in [0.1, 0.15) is 18.1 Å². The number of nitrogens with one attached hydrogen (secondary N) is 1. The minimum atomic E-state index is -0.390. The summed E-state index contributed by atoms with van der Waals surface area (Å²) in [6, 6.07) is 18.8. The minimum absolute atomic E-state index is 0.00533. The van der Waals surface area contributed by atoms with Gasteiger partial charge in [0, 0.05) is 17.7 Å². The van der Waals surface area contributed by atoms with Crippen LogP contribution in [0.3, 0.4) is 0 Å². The number of phenols is 1. The summed E-state index contributed by atoms with van der Waals surface area (Å²) in [5, 5.41) is 22.6. The molecule has 0 amide bonds. The first-order chi connectivity index (χ1) is 17.7. The van der Waals surface area contributed by atoms with E-state index in [9.17, 15) is 9.90 Å². The second-order valence-corrected chi connectivity index (χ2v) is 9.84. The molecule has 3 aromatic rings. The Kier molecular flexibility index (Phi) is 7.45. The van der Waals surface area contributed by atoms with E-state index in [-0.39, 0.29) is 23.0 Å². The number of Topliss-reactive ketones (excluding diaryl/α,β-unsaturated/α-hetero) is 1. The monoisotopic (exact) mass is 498 g/mol. The Morgan fingerprint density at radius 1 is 1.16 bits per heavy atom. The third kappa shape index (κ3) is 5.27. The quantitative estimate of drug-likeness (QED) is 0.131. The van der Waals surface area contributed by atoms with Crippen molar-refractivity contribution in [2.75, 3.05) is 0 Å². The van der Waals surface area contributed by atoms with Gasteiger partial charge in [-0.05, 0) is 60.7 Å². The van der Waals surface area contributed by atoms with Crippen LogP contribution in [0.1, 0.15) is 77.8 Å². The van der Waals surface area contributed by atoms with Crippen LogP contribution in [0, 0.1) is 10.8 Å². The van der Waals surface area contributed by atoms with Gasteiger partial charge in [-0.25, -0.2) is 0 Å². The largest absolute Gasteiger partial charge is 0.507 e. The molecule has 0 heterocycles. The van der Waals surface area contributed by atoms with E-state index >= 15 is 0 Å². The van der Waals surface area contributed by atoms with E-state index in [0.717, 1.165) is 28.7 Å². The molecule has 3 aromatic carbocycles. The van der Waals surface area contributed by atoms with Crippen molar-refractivity contribution in [3.63, 3.8) is 0 Å². The maximum absolute atomic E-state index is 11.8. The highest BCUT2D eigenvalue weighted by atomic mass is 16.5. The van der Waals surface area contributed by atoms with Crippen LogP contribution >= 0.6 is 0 Å². The van der Waals surface area contributed by atoms with Crippen molar-refractivity contribution >= 4 is 17.2 Å². The zero-order valence-electron chi connectivity index (χ0n) is 21.5. The van der Waals surface area contributed by atoms with Crippen LogP contribution in [0.5, 0.6) is 11.5 Å². The molecule has 0 spiro atoms. The molecule has 0 saturated heterocycles. The van der Waals surface area contributed by atoms with Gasteiger partial charge in [-0.15, -0.1) is 0 Å². The van der Waals surface area contributed by atoms with Gasteiger partial charge < -0.3 is 26.8 Å². The first-order valence-electron chi connectivity index (χ1n) is 12.5. The van der Waals surface area contributed by atoms with Gasteiger partial charge in [-0.3, -0.25) is 4.79 Å². The zero-order chi connectivity index (χ0) is 26.7. The Labute approximate surface area is 217 Å². The number of aromatic hydroxyl groups is 1. The van der Waals surface area contributed by atoms with Crippen molar-refractivity contribution < 1.29 is 14.6 Å². The summed E-state index contributed by atoms with van der Waals surface area (Å²) in [7, 11) is 0. The van der Waals surface area contributed by atoms with E-state index in [4.69, 9.17) is 21.7 Å². The number of hydrogen-bond donors (Lipinski definition) is 4. The lowest BCUT2D eigenvalue weighted by Gasteiger charge is -2.17. The first-order valence-corrected chi connectivity index (χ1v) is 12.5. The van der Waals surface area contributed by atoms with Crippen LogP contribution < -0.4 is 16.3 Å². The van der Waals surface area contributed by atoms with Crippen LogP contribution in [0.2, 0.25) is 0 Å². The number of carbonyl (C=O) groups excluding carboxylic acids is 1. The number of nitrogens with two attached hydrogens (primary N) is 2. The average Bonchev–Trinajstić information content (AvgIpc) is 3.50. The molecule has 6 N–H and O–H groups in total. The number of benzene rings is 3. The fraction of sp³-hybridized carbons (Fsp3) is 0.300. The van der Waals surface area contributed by atoms with Crippen molar-refractivity contribution in [3.05, 3.63) is 94.0 Å². The van der Waals surface area contributed by atoms with Crippen LogP contribution in [-0.4, -0.2) is 22.3 Å². The van der Waals surface area contributed by atoms with Gasteiger partial charge in [-0.1, -0.05) is 55.8 Å². The zero-order valence-corrected chi connectivity index (χ0v) is 21.5. The van der Waals surface area contributed by atoms with E-state index in [0.29, 0.717) is 47.7 Å². The van der Waals surface area contributed by atoms with Gasteiger partial charge in [0.05, 0.1) is 22.7 Å². The summed E-state index contributed by atoms with van der Waals surface area (Å²) in [6.07, 6.45) is 2.11. The Bertz CT molecular complexity index is 1360. The standard InChI is InChI=1S/C30H34N4O3/c1-4-6-24-25(14-13-23(18(2)35)28(24)36)37-17-19-9-11-20(12-10-19)27(32)21-7-5-8-22(15-21)29(34-33)30(3)16-26(30)31/h5,7-15,27,31,36H,4,6,16-17,32-33H2,1-3H3/b31-26?,34-29-. The Balaban J connectivity index is 1.48. The lowest BCUT2D eigenvalue weighted by atomic mass is 9.91. The van der Waals surface area contributed by atoms with Crippen molar-refractivity contribution in [1.29, 1.82) is 5.41 Å². The van der Waals surface area contributed by atoms with E-state index in [1.54, 1.807) is 12.1 Å². The van der Waals surface area contributed by atoms with E-state index in [2.05, 4.69) is 5.10 Å². The molecule has 7 heteroatoms. The molecule has 1 fully saturated rings. The summed E-state index contributed by atoms with van der Waals surface area (Å²) in [4.78, 5) is 11.8. The molecule has 192 valence electrons. The predicted octanol–water partition coefficient (Wildman–Crippen LogP) is 5.27. The molecule has 7 nitrogen and oxygen atoms in total. The molecule has 0 aliphatic heterocycles. The van der Waals surface area contributed by atoms with Gasteiger partial charge in [-0.2, -0.15) is 5.10 Å². The highest BCUT2D eigenvalue weighted by Gasteiger charge is 2.50. The molecule has 2 atom stereocenters. The molecule has 1 saturated carbocycles. The van der Waals surface area contributed by atoms with Crippen molar-refractivity contribution in [2.24, 2.45) is 22.1 Å². The number of rotatable bonds is 10. The number of hydrogen-bond acceptors (Lipinski definition) is 7. The molecular formula is C30H34N4O3. The predicted molar refractivity (Wildman–Crippen MR) is 147 cm³/mol. The van der Waals surface area contributed by atoms with Crippen LogP contribution in [0.4, 0.5) is 0 Å². The second-order valence-electron chi connectivity index (χ2n) is 9.84. The van der Waals surface area contributed by atoms with Crippen LogP contribution in [0.25, 0.3) is 0 Å². The Morgan fingerprint density at radius 2 is 1.86 bits per heavy atom. The lowest BCUT2D eigenvalue weighted by Crippen LogP contribution is -2.19. The van der Waals surface area contributed by atoms with Gasteiger partial charge in [0.25, 0.3) is 0 Å². The number of hydrazone groups is 1. The van der Waals surface area contributed by atoms with Gasteiger partial charge in [0.2, 0.25) is 0 Å². The lowest BCUT2D eigenvalue weighted by molar-refractivity contribution is 0.101. The highest BCUT2D eigenvalue weighted by Crippen LogP contribution is 2.44. The number of phenolic OH excluding ortho intramolecular Hbond substituents is 1. The topological polar surface area (TPSA) is 135 Å². The third-order valence-electron chi connectivity index (χ3n) is 7.09. The summed E-state index contributed by atoms with van der Waals surface area (Å²) >= 11 is 0. The summed E-state index contributed by atoms with van der Waals surface area (Å²) in [5.41, 5.74) is 12.3. The highest BCUT2D eigenvalue weighted by molar-refractivity contribution is 6.27.